The molecule has 1 aromatic carbocycles. The second-order valence-corrected chi connectivity index (χ2v) is 6.25. The van der Waals surface area contributed by atoms with Crippen LogP contribution in [0.4, 0.5) is 0 Å². The molecule has 19 heavy (non-hydrogen) atoms. The quantitative estimate of drug-likeness (QED) is 0.793. The Kier molecular flexibility index (Phi) is 5.25. The Morgan fingerprint density at radius 1 is 1.32 bits per heavy atom. The predicted molar refractivity (Wildman–Crippen MR) is 80.2 cm³/mol. The molecule has 3 nitrogen and oxygen atoms in total. The number of aromatic hydroxyl groups is 1. The van der Waals surface area contributed by atoms with Crippen LogP contribution in [0.15, 0.2) is 22.7 Å². The molecule has 0 radical (unpaired) electrons. The zero-order valence-electron chi connectivity index (χ0n) is 11.3. The van der Waals surface area contributed by atoms with E-state index >= 15 is 0 Å². The average Bonchev–Trinajstić information content (AvgIpc) is 2.41. The van der Waals surface area contributed by atoms with E-state index in [4.69, 9.17) is 0 Å². The van der Waals surface area contributed by atoms with E-state index in [1.54, 1.807) is 6.07 Å². The van der Waals surface area contributed by atoms with Crippen LogP contribution in [-0.2, 0) is 0 Å². The molecule has 0 spiro atoms. The highest BCUT2D eigenvalue weighted by molar-refractivity contribution is 9.10. The molecule has 0 saturated heterocycles. The summed E-state index contributed by atoms with van der Waals surface area (Å²) in [4.78, 5) is 0. The number of nitrogens with one attached hydrogen (secondary N) is 1. The third-order valence-corrected chi connectivity index (χ3v) is 4.40. The van der Waals surface area contributed by atoms with Gasteiger partial charge in [0.25, 0.3) is 0 Å². The maximum atomic E-state index is 10.0. The number of benzene rings is 1. The monoisotopic (exact) mass is 327 g/mol. The molecule has 1 aliphatic rings. The van der Waals surface area contributed by atoms with Crippen LogP contribution >= 0.6 is 15.9 Å². The van der Waals surface area contributed by atoms with Crippen molar-refractivity contribution in [3.05, 3.63) is 28.2 Å². The summed E-state index contributed by atoms with van der Waals surface area (Å²) in [5.74, 6) is 0.346. The first-order valence-corrected chi connectivity index (χ1v) is 7.82. The Morgan fingerprint density at radius 3 is 2.63 bits per heavy atom. The molecule has 1 fully saturated rings. The van der Waals surface area contributed by atoms with Gasteiger partial charge in [0.15, 0.2) is 0 Å². The van der Waals surface area contributed by atoms with Crippen molar-refractivity contribution in [3.63, 3.8) is 0 Å². The van der Waals surface area contributed by atoms with Gasteiger partial charge in [-0.15, -0.1) is 0 Å². The van der Waals surface area contributed by atoms with Crippen LogP contribution in [-0.4, -0.2) is 22.4 Å². The van der Waals surface area contributed by atoms with Crippen LogP contribution in [0.25, 0.3) is 0 Å². The third-order valence-electron chi connectivity index (χ3n) is 3.91. The van der Waals surface area contributed by atoms with Crippen molar-refractivity contribution >= 4 is 15.9 Å². The summed E-state index contributed by atoms with van der Waals surface area (Å²) in [6, 6.07) is 6.16. The number of halogens is 1. The molecule has 1 aromatic rings. The molecule has 4 heteroatoms. The summed E-state index contributed by atoms with van der Waals surface area (Å²) in [5, 5.41) is 23.2. The first kappa shape index (κ1) is 14.8. The van der Waals surface area contributed by atoms with Gasteiger partial charge < -0.3 is 15.5 Å². The van der Waals surface area contributed by atoms with Crippen molar-refractivity contribution in [2.75, 3.05) is 0 Å². The lowest BCUT2D eigenvalue weighted by atomic mass is 9.91. The summed E-state index contributed by atoms with van der Waals surface area (Å²) in [7, 11) is 0. The van der Waals surface area contributed by atoms with E-state index in [0.29, 0.717) is 11.8 Å². The summed E-state index contributed by atoms with van der Waals surface area (Å²) in [6.45, 7) is 2.12. The van der Waals surface area contributed by atoms with E-state index in [2.05, 4.69) is 28.2 Å². The standard InChI is InChI=1S/C15H22BrNO2/c1-2-14(13-9-10(16)3-8-15(13)19)17-11-4-6-12(18)7-5-11/h3,8-9,11-12,14,17-19H,2,4-7H2,1H3. The minimum Gasteiger partial charge on any atom is -0.508 e. The van der Waals surface area contributed by atoms with Gasteiger partial charge in [-0.25, -0.2) is 0 Å². The van der Waals surface area contributed by atoms with E-state index in [0.717, 1.165) is 42.1 Å². The fourth-order valence-electron chi connectivity index (χ4n) is 2.76. The number of phenols is 1. The largest absolute Gasteiger partial charge is 0.508 e. The fraction of sp³-hybridized carbons (Fsp3) is 0.600. The van der Waals surface area contributed by atoms with Gasteiger partial charge in [0, 0.05) is 22.1 Å². The minimum atomic E-state index is -0.127. The molecule has 1 aliphatic carbocycles. The van der Waals surface area contributed by atoms with Gasteiger partial charge in [0.2, 0.25) is 0 Å². The minimum absolute atomic E-state index is 0.127. The van der Waals surface area contributed by atoms with Crippen molar-refractivity contribution in [2.45, 2.75) is 57.2 Å². The highest BCUT2D eigenvalue weighted by atomic mass is 79.9. The van der Waals surface area contributed by atoms with Gasteiger partial charge in [0.05, 0.1) is 6.10 Å². The number of hydrogen-bond donors (Lipinski definition) is 3. The number of aliphatic hydroxyl groups is 1. The maximum absolute atomic E-state index is 10.0. The number of hydrogen-bond acceptors (Lipinski definition) is 3. The zero-order valence-corrected chi connectivity index (χ0v) is 12.9. The van der Waals surface area contributed by atoms with Crippen LogP contribution in [0.3, 0.4) is 0 Å². The summed E-state index contributed by atoms with van der Waals surface area (Å²) in [6.07, 6.45) is 4.57. The van der Waals surface area contributed by atoms with Crippen molar-refractivity contribution in [2.24, 2.45) is 0 Å². The molecule has 0 aromatic heterocycles. The molecule has 1 saturated carbocycles. The Bertz CT molecular complexity index is 417. The lowest BCUT2D eigenvalue weighted by Gasteiger charge is -2.30. The van der Waals surface area contributed by atoms with Crippen LogP contribution in [0, 0.1) is 0 Å². The second kappa shape index (κ2) is 6.73. The van der Waals surface area contributed by atoms with Crippen molar-refractivity contribution < 1.29 is 10.2 Å². The Balaban J connectivity index is 2.05. The van der Waals surface area contributed by atoms with E-state index in [-0.39, 0.29) is 12.1 Å². The van der Waals surface area contributed by atoms with Gasteiger partial charge in [0.1, 0.15) is 5.75 Å². The van der Waals surface area contributed by atoms with Crippen LogP contribution in [0.1, 0.15) is 50.6 Å². The van der Waals surface area contributed by atoms with Crippen LogP contribution in [0.5, 0.6) is 5.75 Å². The van der Waals surface area contributed by atoms with Gasteiger partial charge in [-0.05, 0) is 50.3 Å². The van der Waals surface area contributed by atoms with Crippen molar-refractivity contribution in [3.8, 4) is 5.75 Å². The molecule has 1 unspecified atom stereocenters. The Hall–Kier alpha value is -0.580. The molecule has 106 valence electrons. The highest BCUT2D eigenvalue weighted by Gasteiger charge is 2.23. The highest BCUT2D eigenvalue weighted by Crippen LogP contribution is 2.31. The fourth-order valence-corrected chi connectivity index (χ4v) is 3.14. The van der Waals surface area contributed by atoms with E-state index in [1.807, 2.05) is 12.1 Å². The summed E-state index contributed by atoms with van der Waals surface area (Å²) in [5.41, 5.74) is 0.947. The molecule has 1 atom stereocenters. The SMILES string of the molecule is CCC(NC1CCC(O)CC1)c1cc(Br)ccc1O. The molecular formula is C15H22BrNO2. The van der Waals surface area contributed by atoms with Crippen LogP contribution < -0.4 is 5.32 Å². The second-order valence-electron chi connectivity index (χ2n) is 5.34. The van der Waals surface area contributed by atoms with Gasteiger partial charge in [-0.1, -0.05) is 22.9 Å². The molecule has 0 bridgehead atoms. The lowest BCUT2D eigenvalue weighted by molar-refractivity contribution is 0.114. The maximum Gasteiger partial charge on any atom is 0.120 e. The topological polar surface area (TPSA) is 52.5 Å². The molecule has 2 rings (SSSR count). The predicted octanol–water partition coefficient (Wildman–Crippen LogP) is 3.50. The van der Waals surface area contributed by atoms with E-state index in [9.17, 15) is 10.2 Å². The van der Waals surface area contributed by atoms with Gasteiger partial charge in [-0.2, -0.15) is 0 Å². The lowest BCUT2D eigenvalue weighted by Crippen LogP contribution is -2.37. The molecular weight excluding hydrogens is 306 g/mol. The number of rotatable bonds is 4. The Morgan fingerprint density at radius 2 is 2.00 bits per heavy atom. The molecule has 0 heterocycles. The first-order chi connectivity index (χ1) is 9.10. The summed E-state index contributed by atoms with van der Waals surface area (Å²) >= 11 is 3.45. The van der Waals surface area contributed by atoms with Crippen molar-refractivity contribution in [1.82, 2.24) is 5.32 Å². The normalized spacial score (nSPS) is 25.2. The average molecular weight is 328 g/mol. The smallest absolute Gasteiger partial charge is 0.120 e. The number of aliphatic hydroxyl groups excluding tert-OH is 1. The van der Waals surface area contributed by atoms with E-state index in [1.165, 1.54) is 0 Å². The Labute approximate surface area is 123 Å². The zero-order chi connectivity index (χ0) is 13.8. The molecule has 0 aliphatic heterocycles. The molecule has 3 N–H and O–H groups in total. The van der Waals surface area contributed by atoms with Crippen LogP contribution in [0.2, 0.25) is 0 Å². The summed E-state index contributed by atoms with van der Waals surface area (Å²) < 4.78 is 0.986. The van der Waals surface area contributed by atoms with E-state index < -0.39 is 0 Å². The van der Waals surface area contributed by atoms with Gasteiger partial charge >= 0.3 is 0 Å². The number of phenolic OH excluding ortho intramolecular Hbond substituents is 1. The van der Waals surface area contributed by atoms with Gasteiger partial charge in [-0.3, -0.25) is 0 Å². The first-order valence-electron chi connectivity index (χ1n) is 7.02. The third kappa shape index (κ3) is 3.94. The van der Waals surface area contributed by atoms with Crippen molar-refractivity contribution in [1.29, 1.82) is 0 Å². The molecule has 0 amide bonds.